The SMILES string of the molecule is Cl.Cl.c1cncc(C2CCCCN2)c1. The van der Waals surface area contributed by atoms with E-state index in [1.807, 2.05) is 18.5 Å². The summed E-state index contributed by atoms with van der Waals surface area (Å²) in [4.78, 5) is 4.12. The molecule has 2 nitrogen and oxygen atoms in total. The first-order chi connectivity index (χ1) is 5.97. The minimum atomic E-state index is 0. The lowest BCUT2D eigenvalue weighted by Gasteiger charge is -2.23. The second kappa shape index (κ2) is 7.04. The molecule has 0 aromatic carbocycles. The Hall–Kier alpha value is -0.310. The van der Waals surface area contributed by atoms with Gasteiger partial charge < -0.3 is 5.32 Å². The molecule has 2 heterocycles. The fraction of sp³-hybridized carbons (Fsp3) is 0.500. The van der Waals surface area contributed by atoms with E-state index in [1.165, 1.54) is 24.8 Å². The Morgan fingerprint density at radius 1 is 1.29 bits per heavy atom. The molecule has 1 unspecified atom stereocenters. The third kappa shape index (κ3) is 3.45. The van der Waals surface area contributed by atoms with Gasteiger partial charge in [-0.3, -0.25) is 4.98 Å². The molecule has 0 radical (unpaired) electrons. The summed E-state index contributed by atoms with van der Waals surface area (Å²) in [6.07, 6.45) is 7.70. The third-order valence-corrected chi connectivity index (χ3v) is 2.40. The summed E-state index contributed by atoms with van der Waals surface area (Å²) in [6, 6.07) is 4.70. The predicted molar refractivity (Wildman–Crippen MR) is 63.3 cm³/mol. The highest BCUT2D eigenvalue weighted by Gasteiger charge is 2.13. The summed E-state index contributed by atoms with van der Waals surface area (Å²) in [5.74, 6) is 0. The zero-order chi connectivity index (χ0) is 8.23. The normalized spacial score (nSPS) is 20.4. The lowest BCUT2D eigenvalue weighted by molar-refractivity contribution is 0.411. The van der Waals surface area contributed by atoms with E-state index in [-0.39, 0.29) is 24.8 Å². The molecule has 80 valence electrons. The molecule has 1 aromatic rings. The third-order valence-electron chi connectivity index (χ3n) is 2.40. The van der Waals surface area contributed by atoms with Gasteiger partial charge in [-0.15, -0.1) is 24.8 Å². The van der Waals surface area contributed by atoms with Crippen LogP contribution < -0.4 is 5.32 Å². The standard InChI is InChI=1S/C10H14N2.2ClH/c1-2-7-12-10(5-1)9-4-3-6-11-8-9;;/h3-4,6,8,10,12H,1-2,5,7H2;2*1H. The number of aromatic nitrogens is 1. The van der Waals surface area contributed by atoms with E-state index in [9.17, 15) is 0 Å². The van der Waals surface area contributed by atoms with Crippen molar-refractivity contribution in [2.45, 2.75) is 25.3 Å². The van der Waals surface area contributed by atoms with E-state index in [0.29, 0.717) is 6.04 Å². The van der Waals surface area contributed by atoms with Gasteiger partial charge in [-0.1, -0.05) is 12.5 Å². The van der Waals surface area contributed by atoms with E-state index in [0.717, 1.165) is 6.54 Å². The number of nitrogens with zero attached hydrogens (tertiary/aromatic N) is 1. The number of halogens is 2. The largest absolute Gasteiger partial charge is 0.310 e. The van der Waals surface area contributed by atoms with Crippen molar-refractivity contribution < 1.29 is 0 Å². The van der Waals surface area contributed by atoms with Crippen LogP contribution in [-0.4, -0.2) is 11.5 Å². The molecular formula is C10H16Cl2N2. The minimum Gasteiger partial charge on any atom is -0.310 e. The predicted octanol–water partition coefficient (Wildman–Crippen LogP) is 2.74. The second-order valence-electron chi connectivity index (χ2n) is 3.29. The van der Waals surface area contributed by atoms with Gasteiger partial charge in [0.15, 0.2) is 0 Å². The summed E-state index contributed by atoms with van der Waals surface area (Å²) >= 11 is 0. The van der Waals surface area contributed by atoms with Gasteiger partial charge in [0.1, 0.15) is 0 Å². The van der Waals surface area contributed by atoms with Gasteiger partial charge in [0.05, 0.1) is 0 Å². The molecule has 1 N–H and O–H groups in total. The average molecular weight is 235 g/mol. The quantitative estimate of drug-likeness (QED) is 0.809. The van der Waals surface area contributed by atoms with E-state index < -0.39 is 0 Å². The van der Waals surface area contributed by atoms with Gasteiger partial charge in [-0.05, 0) is 31.0 Å². The highest BCUT2D eigenvalue weighted by molar-refractivity contribution is 5.85. The Balaban J connectivity index is 0.000000845. The van der Waals surface area contributed by atoms with E-state index in [2.05, 4.69) is 16.4 Å². The molecule has 1 saturated heterocycles. The Kier molecular flexibility index (Phi) is 6.89. The number of hydrogen-bond acceptors (Lipinski definition) is 2. The lowest BCUT2D eigenvalue weighted by Crippen LogP contribution is -2.26. The van der Waals surface area contributed by atoms with E-state index >= 15 is 0 Å². The van der Waals surface area contributed by atoms with Gasteiger partial charge in [0.25, 0.3) is 0 Å². The number of hydrogen-bond donors (Lipinski definition) is 1. The lowest BCUT2D eigenvalue weighted by atomic mass is 9.99. The average Bonchev–Trinajstić information content (AvgIpc) is 2.21. The van der Waals surface area contributed by atoms with E-state index in [4.69, 9.17) is 0 Å². The summed E-state index contributed by atoms with van der Waals surface area (Å²) < 4.78 is 0. The van der Waals surface area contributed by atoms with Gasteiger partial charge in [-0.25, -0.2) is 0 Å². The molecule has 1 aliphatic heterocycles. The van der Waals surface area contributed by atoms with Gasteiger partial charge in [-0.2, -0.15) is 0 Å². The van der Waals surface area contributed by atoms with Crippen molar-refractivity contribution in [3.63, 3.8) is 0 Å². The second-order valence-corrected chi connectivity index (χ2v) is 3.29. The zero-order valence-electron chi connectivity index (χ0n) is 7.98. The highest BCUT2D eigenvalue weighted by atomic mass is 35.5. The topological polar surface area (TPSA) is 24.9 Å². The first kappa shape index (κ1) is 13.7. The van der Waals surface area contributed by atoms with Gasteiger partial charge in [0, 0.05) is 18.4 Å². The molecule has 4 heteroatoms. The fourth-order valence-corrected chi connectivity index (χ4v) is 1.72. The number of rotatable bonds is 1. The van der Waals surface area contributed by atoms with Crippen molar-refractivity contribution in [1.29, 1.82) is 0 Å². The Bertz CT molecular complexity index is 235. The molecular weight excluding hydrogens is 219 g/mol. The molecule has 0 aliphatic carbocycles. The van der Waals surface area contributed by atoms with Crippen LogP contribution in [0.2, 0.25) is 0 Å². The van der Waals surface area contributed by atoms with Crippen LogP contribution in [0.5, 0.6) is 0 Å². The van der Waals surface area contributed by atoms with Gasteiger partial charge in [0.2, 0.25) is 0 Å². The first-order valence-electron chi connectivity index (χ1n) is 4.60. The summed E-state index contributed by atoms with van der Waals surface area (Å²) in [7, 11) is 0. The molecule has 0 spiro atoms. The summed E-state index contributed by atoms with van der Waals surface area (Å²) in [6.45, 7) is 1.15. The molecule has 2 rings (SSSR count). The minimum absolute atomic E-state index is 0. The zero-order valence-corrected chi connectivity index (χ0v) is 9.61. The van der Waals surface area contributed by atoms with Crippen molar-refractivity contribution >= 4 is 24.8 Å². The van der Waals surface area contributed by atoms with Crippen molar-refractivity contribution in [3.8, 4) is 0 Å². The monoisotopic (exact) mass is 234 g/mol. The first-order valence-corrected chi connectivity index (χ1v) is 4.60. The number of pyridine rings is 1. The van der Waals surface area contributed by atoms with Gasteiger partial charge >= 0.3 is 0 Å². The van der Waals surface area contributed by atoms with Crippen LogP contribution in [0.4, 0.5) is 0 Å². The van der Waals surface area contributed by atoms with Crippen molar-refractivity contribution in [2.24, 2.45) is 0 Å². The molecule has 1 atom stereocenters. The van der Waals surface area contributed by atoms with Crippen LogP contribution in [0.15, 0.2) is 24.5 Å². The van der Waals surface area contributed by atoms with Crippen LogP contribution in [0.25, 0.3) is 0 Å². The van der Waals surface area contributed by atoms with Crippen molar-refractivity contribution in [1.82, 2.24) is 10.3 Å². The molecule has 14 heavy (non-hydrogen) atoms. The molecule has 1 aliphatic rings. The van der Waals surface area contributed by atoms with E-state index in [1.54, 1.807) is 0 Å². The van der Waals surface area contributed by atoms with Crippen LogP contribution in [0, 0.1) is 0 Å². The smallest absolute Gasteiger partial charge is 0.0335 e. The Morgan fingerprint density at radius 2 is 2.14 bits per heavy atom. The Labute approximate surface area is 97.3 Å². The van der Waals surface area contributed by atoms with Crippen LogP contribution in [0.3, 0.4) is 0 Å². The van der Waals surface area contributed by atoms with Crippen molar-refractivity contribution in [3.05, 3.63) is 30.1 Å². The van der Waals surface area contributed by atoms with Crippen LogP contribution >= 0.6 is 24.8 Å². The Morgan fingerprint density at radius 3 is 2.71 bits per heavy atom. The van der Waals surface area contributed by atoms with Crippen molar-refractivity contribution in [2.75, 3.05) is 6.54 Å². The fourth-order valence-electron chi connectivity index (χ4n) is 1.72. The highest BCUT2D eigenvalue weighted by Crippen LogP contribution is 2.21. The number of piperidine rings is 1. The maximum atomic E-state index is 4.12. The molecule has 1 aromatic heterocycles. The molecule has 0 bridgehead atoms. The summed E-state index contributed by atoms with van der Waals surface area (Å²) in [5.41, 5.74) is 1.33. The molecule has 0 saturated carbocycles. The summed E-state index contributed by atoms with van der Waals surface area (Å²) in [5, 5.41) is 3.50. The van der Waals surface area contributed by atoms with Crippen LogP contribution in [0.1, 0.15) is 30.9 Å². The maximum absolute atomic E-state index is 4.12. The maximum Gasteiger partial charge on any atom is 0.0335 e. The molecule has 0 amide bonds. The van der Waals surface area contributed by atoms with Crippen LogP contribution in [-0.2, 0) is 0 Å². The number of nitrogens with one attached hydrogen (secondary N) is 1. The molecule has 1 fully saturated rings.